The van der Waals surface area contributed by atoms with E-state index in [1.165, 1.54) is 9.75 Å². The van der Waals surface area contributed by atoms with Gasteiger partial charge in [0.25, 0.3) is 0 Å². The molecule has 0 aromatic carbocycles. The summed E-state index contributed by atoms with van der Waals surface area (Å²) in [4.78, 5) is 7.50. The van der Waals surface area contributed by atoms with Crippen molar-refractivity contribution < 1.29 is 0 Å². The topological polar surface area (TPSA) is 36.4 Å². The molecule has 1 atom stereocenters. The van der Waals surface area contributed by atoms with Gasteiger partial charge >= 0.3 is 0 Å². The molecule has 0 radical (unpaired) electrons. The first-order valence-electron chi connectivity index (χ1n) is 7.37. The predicted molar refractivity (Wildman–Crippen MR) is 94.7 cm³/mol. The molecule has 0 fully saturated rings. The van der Waals surface area contributed by atoms with Crippen LogP contribution in [0, 0.1) is 0 Å². The zero-order chi connectivity index (χ0) is 14.9. The average molecular weight is 322 g/mol. The van der Waals surface area contributed by atoms with Crippen LogP contribution in [0.25, 0.3) is 0 Å². The predicted octanol–water partition coefficient (Wildman–Crippen LogP) is 3.71. The van der Waals surface area contributed by atoms with Crippen molar-refractivity contribution in [2.24, 2.45) is 4.99 Å². The highest BCUT2D eigenvalue weighted by atomic mass is 32.1. The molecule has 0 aliphatic heterocycles. The lowest BCUT2D eigenvalue weighted by Crippen LogP contribution is -2.38. The van der Waals surface area contributed by atoms with Crippen LogP contribution in [0.2, 0.25) is 0 Å². The number of nitrogens with one attached hydrogen (secondary N) is 2. The van der Waals surface area contributed by atoms with Crippen molar-refractivity contribution in [3.63, 3.8) is 0 Å². The van der Waals surface area contributed by atoms with Crippen LogP contribution in [0.5, 0.6) is 0 Å². The van der Waals surface area contributed by atoms with E-state index in [9.17, 15) is 0 Å². The van der Waals surface area contributed by atoms with Gasteiger partial charge in [0.2, 0.25) is 0 Å². The van der Waals surface area contributed by atoms with Crippen LogP contribution < -0.4 is 10.6 Å². The van der Waals surface area contributed by atoms with Gasteiger partial charge in [-0.3, -0.25) is 4.99 Å². The van der Waals surface area contributed by atoms with Crippen LogP contribution in [-0.2, 0) is 6.42 Å². The molecule has 0 amide bonds. The maximum absolute atomic E-state index is 4.69. The number of aliphatic imine (C=N–C) groups is 1. The van der Waals surface area contributed by atoms with E-state index in [-0.39, 0.29) is 0 Å². The third-order valence-electron chi connectivity index (χ3n) is 3.14. The van der Waals surface area contributed by atoms with E-state index in [0.29, 0.717) is 5.92 Å². The minimum atomic E-state index is 0.470. The highest BCUT2D eigenvalue weighted by Crippen LogP contribution is 2.20. The summed E-state index contributed by atoms with van der Waals surface area (Å²) in [6.45, 7) is 6.94. The Hall–Kier alpha value is -1.33. The molecule has 114 valence electrons. The largest absolute Gasteiger partial charge is 0.357 e. The summed E-state index contributed by atoms with van der Waals surface area (Å²) in [6.07, 6.45) is 1.04. The Morgan fingerprint density at radius 3 is 2.67 bits per heavy atom. The highest BCUT2D eigenvalue weighted by molar-refractivity contribution is 7.10. The Morgan fingerprint density at radius 2 is 2.00 bits per heavy atom. The number of hydrogen-bond donors (Lipinski definition) is 2. The maximum Gasteiger partial charge on any atom is 0.191 e. The van der Waals surface area contributed by atoms with Gasteiger partial charge in [-0.05, 0) is 36.2 Å². The zero-order valence-electron chi connectivity index (χ0n) is 12.6. The second kappa shape index (κ2) is 8.85. The third-order valence-corrected chi connectivity index (χ3v) is 5.18. The molecule has 0 spiro atoms. The molecule has 2 rings (SSSR count). The van der Waals surface area contributed by atoms with E-state index in [1.807, 2.05) is 0 Å². The number of thiophene rings is 2. The van der Waals surface area contributed by atoms with Gasteiger partial charge in [-0.25, -0.2) is 0 Å². The van der Waals surface area contributed by atoms with Crippen molar-refractivity contribution in [2.75, 3.05) is 19.6 Å². The van der Waals surface area contributed by atoms with Gasteiger partial charge < -0.3 is 10.6 Å². The van der Waals surface area contributed by atoms with E-state index < -0.39 is 0 Å². The monoisotopic (exact) mass is 321 g/mol. The van der Waals surface area contributed by atoms with Gasteiger partial charge in [-0.15, -0.1) is 22.7 Å². The maximum atomic E-state index is 4.69. The fourth-order valence-corrected chi connectivity index (χ4v) is 3.48. The van der Waals surface area contributed by atoms with Crippen molar-refractivity contribution >= 4 is 28.6 Å². The Kier molecular flexibility index (Phi) is 6.76. The summed E-state index contributed by atoms with van der Waals surface area (Å²) >= 11 is 3.61. The molecule has 5 heteroatoms. The second-order valence-electron chi connectivity index (χ2n) is 4.89. The van der Waals surface area contributed by atoms with Gasteiger partial charge in [0.1, 0.15) is 0 Å². The number of rotatable bonds is 7. The Bertz CT molecular complexity index is 518. The molecule has 0 aliphatic rings. The summed E-state index contributed by atoms with van der Waals surface area (Å²) in [5, 5.41) is 11.0. The Balaban J connectivity index is 1.81. The minimum Gasteiger partial charge on any atom is -0.357 e. The van der Waals surface area contributed by atoms with Crippen LogP contribution >= 0.6 is 22.7 Å². The van der Waals surface area contributed by atoms with Gasteiger partial charge in [-0.1, -0.05) is 19.1 Å². The quantitative estimate of drug-likeness (QED) is 0.602. The molecule has 0 saturated heterocycles. The molecule has 2 aromatic rings. The van der Waals surface area contributed by atoms with Crippen LogP contribution in [0.4, 0.5) is 0 Å². The van der Waals surface area contributed by atoms with E-state index in [4.69, 9.17) is 4.99 Å². The fourth-order valence-electron chi connectivity index (χ4n) is 1.99. The van der Waals surface area contributed by atoms with Crippen LogP contribution in [0.3, 0.4) is 0 Å². The van der Waals surface area contributed by atoms with Crippen LogP contribution in [-0.4, -0.2) is 25.6 Å². The summed E-state index contributed by atoms with van der Waals surface area (Å²) in [7, 11) is 0. The molecule has 21 heavy (non-hydrogen) atoms. The van der Waals surface area contributed by atoms with Crippen molar-refractivity contribution in [1.82, 2.24) is 10.6 Å². The van der Waals surface area contributed by atoms with Crippen molar-refractivity contribution in [1.29, 1.82) is 0 Å². The Labute approximate surface area is 135 Å². The van der Waals surface area contributed by atoms with Crippen molar-refractivity contribution in [2.45, 2.75) is 26.2 Å². The summed E-state index contributed by atoms with van der Waals surface area (Å²) in [5.74, 6) is 1.38. The number of hydrogen-bond acceptors (Lipinski definition) is 3. The fraction of sp³-hybridized carbons (Fsp3) is 0.438. The molecule has 0 bridgehead atoms. The molecule has 0 aliphatic carbocycles. The normalized spacial score (nSPS) is 13.1. The minimum absolute atomic E-state index is 0.470. The Morgan fingerprint density at radius 1 is 1.19 bits per heavy atom. The molecule has 2 heterocycles. The third kappa shape index (κ3) is 5.52. The van der Waals surface area contributed by atoms with E-state index in [1.54, 1.807) is 22.7 Å². The first-order chi connectivity index (χ1) is 10.3. The summed E-state index contributed by atoms with van der Waals surface area (Å²) < 4.78 is 0. The molecular weight excluding hydrogens is 298 g/mol. The smallest absolute Gasteiger partial charge is 0.191 e. The SMILES string of the molecule is CCNC(=NCC(C)c1cccs1)NCCc1cccs1. The lowest BCUT2D eigenvalue weighted by Gasteiger charge is -2.12. The second-order valence-corrected chi connectivity index (χ2v) is 6.90. The van der Waals surface area contributed by atoms with Gasteiger partial charge in [0.05, 0.1) is 6.54 Å². The standard InChI is InChI=1S/C16H23N3S2/c1-3-17-16(18-9-8-14-6-4-10-20-14)19-12-13(2)15-7-5-11-21-15/h4-7,10-11,13H,3,8-9,12H2,1-2H3,(H2,17,18,19). The molecular formula is C16H23N3S2. The molecule has 3 nitrogen and oxygen atoms in total. The lowest BCUT2D eigenvalue weighted by molar-refractivity contribution is 0.756. The zero-order valence-corrected chi connectivity index (χ0v) is 14.3. The summed E-state index contributed by atoms with van der Waals surface area (Å²) in [6, 6.07) is 8.56. The highest BCUT2D eigenvalue weighted by Gasteiger charge is 2.06. The van der Waals surface area contributed by atoms with E-state index >= 15 is 0 Å². The molecule has 2 aromatic heterocycles. The number of guanidine groups is 1. The van der Waals surface area contributed by atoms with E-state index in [0.717, 1.165) is 32.0 Å². The lowest BCUT2D eigenvalue weighted by atomic mass is 10.1. The average Bonchev–Trinajstić information content (AvgIpc) is 3.17. The first kappa shape index (κ1) is 16.0. The van der Waals surface area contributed by atoms with Crippen LogP contribution in [0.1, 0.15) is 29.5 Å². The molecule has 1 unspecified atom stereocenters. The van der Waals surface area contributed by atoms with E-state index in [2.05, 4.69) is 59.5 Å². The molecule has 0 saturated carbocycles. The van der Waals surface area contributed by atoms with Gasteiger partial charge in [0.15, 0.2) is 5.96 Å². The summed E-state index contributed by atoms with van der Waals surface area (Å²) in [5.41, 5.74) is 0. The van der Waals surface area contributed by atoms with Crippen LogP contribution in [0.15, 0.2) is 40.0 Å². The van der Waals surface area contributed by atoms with Gasteiger partial charge in [-0.2, -0.15) is 0 Å². The number of nitrogens with zero attached hydrogens (tertiary/aromatic N) is 1. The van der Waals surface area contributed by atoms with Gasteiger partial charge in [0, 0.05) is 28.8 Å². The first-order valence-corrected chi connectivity index (χ1v) is 9.13. The molecule has 2 N–H and O–H groups in total. The van der Waals surface area contributed by atoms with Crippen molar-refractivity contribution in [3.8, 4) is 0 Å². The van der Waals surface area contributed by atoms with Crippen molar-refractivity contribution in [3.05, 3.63) is 44.8 Å².